The van der Waals surface area contributed by atoms with Crippen molar-refractivity contribution in [3.05, 3.63) is 92.7 Å². The van der Waals surface area contributed by atoms with Crippen LogP contribution in [0.15, 0.2) is 79.1 Å². The first kappa shape index (κ1) is 51.9. The number of esters is 2. The van der Waals surface area contributed by atoms with Crippen LogP contribution in [0.4, 0.5) is 0 Å². The number of carbonyl (C=O) groups excluding carboxylic acids is 2. The van der Waals surface area contributed by atoms with Crippen molar-refractivity contribution in [1.82, 2.24) is 0 Å². The van der Waals surface area contributed by atoms with Crippen LogP contribution in [0.1, 0.15) is 205 Å². The normalized spacial score (nSPS) is 11.3. The molecule has 342 valence electrons. The number of carbonyl (C=O) groups is 2. The van der Waals surface area contributed by atoms with Crippen molar-refractivity contribution in [2.45, 2.75) is 207 Å². The zero-order valence-corrected chi connectivity index (χ0v) is 38.8. The van der Waals surface area contributed by atoms with Crippen molar-refractivity contribution in [2.75, 3.05) is 0 Å². The molecule has 0 amide bonds. The lowest BCUT2D eigenvalue weighted by Crippen LogP contribution is -2.07. The van der Waals surface area contributed by atoms with E-state index < -0.39 is 11.3 Å². The van der Waals surface area contributed by atoms with Gasteiger partial charge in [0.1, 0.15) is 22.7 Å². The number of aryl methyl sites for hydroxylation is 2. The Morgan fingerprint density at radius 1 is 0.452 bits per heavy atom. The van der Waals surface area contributed by atoms with Gasteiger partial charge in [-0.05, 0) is 87.8 Å². The van der Waals surface area contributed by atoms with Gasteiger partial charge in [0.15, 0.2) is 0 Å². The maximum Gasteiger partial charge on any atom is 0.336 e. The summed E-state index contributed by atoms with van der Waals surface area (Å²) >= 11 is 0. The van der Waals surface area contributed by atoms with E-state index in [4.69, 9.17) is 18.3 Å². The van der Waals surface area contributed by atoms with Crippen molar-refractivity contribution in [3.63, 3.8) is 0 Å². The minimum absolute atomic E-state index is 0.229. The van der Waals surface area contributed by atoms with Crippen LogP contribution in [0.25, 0.3) is 21.9 Å². The van der Waals surface area contributed by atoms with Gasteiger partial charge >= 0.3 is 23.2 Å². The molecule has 0 fully saturated rings. The SMILES string of the molecule is CCCCCCCC/C=C\CCCCCCCC(=O)Oc1ccc2c(C)cc(=O)oc2c1.CCCCCCCCCCCCCCCC(=O)Oc1ccc2c(C)cc(=O)oc2c1. The molecule has 0 bridgehead atoms. The van der Waals surface area contributed by atoms with Crippen molar-refractivity contribution in [1.29, 1.82) is 0 Å². The molecule has 0 spiro atoms. The third kappa shape index (κ3) is 22.6. The predicted octanol–water partition coefficient (Wildman–Crippen LogP) is 15.5. The summed E-state index contributed by atoms with van der Waals surface area (Å²) in [4.78, 5) is 47.2. The second kappa shape index (κ2) is 32.2. The summed E-state index contributed by atoms with van der Waals surface area (Å²) in [5, 5.41) is 1.70. The molecule has 2 aromatic carbocycles. The average molecular weight is 855 g/mol. The van der Waals surface area contributed by atoms with E-state index in [2.05, 4.69) is 26.0 Å². The van der Waals surface area contributed by atoms with E-state index in [1.54, 1.807) is 24.3 Å². The highest BCUT2D eigenvalue weighted by Gasteiger charge is 2.10. The van der Waals surface area contributed by atoms with Crippen LogP contribution < -0.4 is 20.7 Å². The summed E-state index contributed by atoms with van der Waals surface area (Å²) < 4.78 is 21.2. The molecule has 0 aliphatic rings. The molecule has 8 nitrogen and oxygen atoms in total. The molecule has 4 aromatic rings. The highest BCUT2D eigenvalue weighted by atomic mass is 16.5. The van der Waals surface area contributed by atoms with Gasteiger partial charge in [0.25, 0.3) is 0 Å². The average Bonchev–Trinajstić information content (AvgIpc) is 3.23. The molecular formula is C54H78O8. The lowest BCUT2D eigenvalue weighted by atomic mass is 10.0. The summed E-state index contributed by atoms with van der Waals surface area (Å²) in [6.07, 6.45) is 38.2. The fraction of sp³-hybridized carbons (Fsp3) is 0.593. The Bertz CT molecular complexity index is 2000. The molecule has 4 rings (SSSR count). The van der Waals surface area contributed by atoms with Gasteiger partial charge in [-0.15, -0.1) is 0 Å². The number of fused-ring (bicyclic) bond motifs is 2. The zero-order chi connectivity index (χ0) is 44.6. The van der Waals surface area contributed by atoms with E-state index in [1.165, 1.54) is 141 Å². The molecule has 2 heterocycles. The Morgan fingerprint density at radius 2 is 0.774 bits per heavy atom. The number of allylic oxidation sites excluding steroid dienone is 2. The Kier molecular flexibility index (Phi) is 27.0. The molecular weight excluding hydrogens is 777 g/mol. The highest BCUT2D eigenvalue weighted by Crippen LogP contribution is 2.24. The van der Waals surface area contributed by atoms with Gasteiger partial charge in [0.2, 0.25) is 0 Å². The Labute approximate surface area is 372 Å². The predicted molar refractivity (Wildman–Crippen MR) is 255 cm³/mol. The number of benzene rings is 2. The molecule has 0 saturated carbocycles. The van der Waals surface area contributed by atoms with Crippen molar-refractivity contribution in [2.24, 2.45) is 0 Å². The third-order valence-electron chi connectivity index (χ3n) is 11.4. The first-order valence-electron chi connectivity index (χ1n) is 24.4. The van der Waals surface area contributed by atoms with Gasteiger partial charge in [-0.3, -0.25) is 9.59 Å². The molecule has 0 radical (unpaired) electrons. The summed E-state index contributed by atoms with van der Waals surface area (Å²) in [5.74, 6) is 0.379. The highest BCUT2D eigenvalue weighted by molar-refractivity contribution is 5.83. The van der Waals surface area contributed by atoms with Crippen LogP contribution in [-0.4, -0.2) is 11.9 Å². The number of hydrogen-bond acceptors (Lipinski definition) is 8. The standard InChI is InChI=1S/C28H40O4.C26H38O4/c1-3-4-5-6-7-8-9-10-11-12-13-14-15-16-17-18-27(29)31-24-19-20-25-23(2)21-28(30)32-26(25)22-24;1-3-4-5-6-7-8-9-10-11-12-13-14-15-16-25(27)29-22-17-18-23-21(2)19-26(28)30-24(23)20-22/h10-11,19-22H,3-9,12-18H2,1-2H3;17-20H,3-16H2,1-2H3/b11-10-;. The zero-order valence-electron chi connectivity index (χ0n) is 38.8. The Hall–Kier alpha value is -4.46. The maximum absolute atomic E-state index is 12.1. The number of rotatable bonds is 31. The monoisotopic (exact) mass is 855 g/mol. The Morgan fingerprint density at radius 3 is 1.13 bits per heavy atom. The number of unbranched alkanes of at least 4 members (excludes halogenated alkanes) is 23. The molecule has 0 aliphatic heterocycles. The van der Waals surface area contributed by atoms with Crippen LogP contribution in [0.3, 0.4) is 0 Å². The molecule has 8 heteroatoms. The summed E-state index contributed by atoms with van der Waals surface area (Å²) in [6, 6.07) is 13.3. The Balaban J connectivity index is 0.000000331. The fourth-order valence-corrected chi connectivity index (χ4v) is 7.73. The van der Waals surface area contributed by atoms with Gasteiger partial charge in [0, 0.05) is 47.9 Å². The van der Waals surface area contributed by atoms with Crippen LogP contribution in [-0.2, 0) is 9.59 Å². The van der Waals surface area contributed by atoms with Crippen LogP contribution >= 0.6 is 0 Å². The molecule has 0 atom stereocenters. The lowest BCUT2D eigenvalue weighted by molar-refractivity contribution is -0.135. The van der Waals surface area contributed by atoms with Gasteiger partial charge < -0.3 is 18.3 Å². The van der Waals surface area contributed by atoms with E-state index >= 15 is 0 Å². The van der Waals surface area contributed by atoms with Gasteiger partial charge in [-0.25, -0.2) is 9.59 Å². The number of hydrogen-bond donors (Lipinski definition) is 0. The van der Waals surface area contributed by atoms with Crippen molar-refractivity contribution >= 4 is 33.9 Å². The summed E-state index contributed by atoms with van der Waals surface area (Å²) in [7, 11) is 0. The summed E-state index contributed by atoms with van der Waals surface area (Å²) in [5.41, 5.74) is 1.81. The summed E-state index contributed by atoms with van der Waals surface area (Å²) in [6.45, 7) is 8.24. The van der Waals surface area contributed by atoms with Crippen molar-refractivity contribution in [3.8, 4) is 11.5 Å². The van der Waals surface area contributed by atoms with Crippen LogP contribution in [0.5, 0.6) is 11.5 Å². The van der Waals surface area contributed by atoms with E-state index in [0.29, 0.717) is 35.5 Å². The van der Waals surface area contributed by atoms with E-state index in [-0.39, 0.29) is 11.9 Å². The molecule has 2 aromatic heterocycles. The fourth-order valence-electron chi connectivity index (χ4n) is 7.73. The quantitative estimate of drug-likeness (QED) is 0.0162. The van der Waals surface area contributed by atoms with Gasteiger partial charge in [-0.2, -0.15) is 0 Å². The number of ether oxygens (including phenoxy) is 2. The maximum atomic E-state index is 12.1. The van der Waals surface area contributed by atoms with E-state index in [9.17, 15) is 19.2 Å². The minimum atomic E-state index is -0.397. The first-order chi connectivity index (χ1) is 30.2. The molecule has 0 aliphatic carbocycles. The first-order valence-corrected chi connectivity index (χ1v) is 24.4. The second-order valence-corrected chi connectivity index (χ2v) is 17.1. The largest absolute Gasteiger partial charge is 0.426 e. The van der Waals surface area contributed by atoms with E-state index in [1.807, 2.05) is 26.0 Å². The molecule has 0 N–H and O–H groups in total. The van der Waals surface area contributed by atoms with E-state index in [0.717, 1.165) is 60.4 Å². The smallest absolute Gasteiger partial charge is 0.336 e. The molecule has 62 heavy (non-hydrogen) atoms. The van der Waals surface area contributed by atoms with Crippen LogP contribution in [0.2, 0.25) is 0 Å². The molecule has 0 saturated heterocycles. The topological polar surface area (TPSA) is 113 Å². The lowest BCUT2D eigenvalue weighted by Gasteiger charge is -2.06. The molecule has 0 unspecified atom stereocenters. The second-order valence-electron chi connectivity index (χ2n) is 17.1. The van der Waals surface area contributed by atoms with Crippen molar-refractivity contribution < 1.29 is 27.9 Å². The minimum Gasteiger partial charge on any atom is -0.426 e. The van der Waals surface area contributed by atoms with Gasteiger partial charge in [-0.1, -0.05) is 154 Å². The third-order valence-corrected chi connectivity index (χ3v) is 11.4. The van der Waals surface area contributed by atoms with Crippen LogP contribution in [0, 0.1) is 13.8 Å². The van der Waals surface area contributed by atoms with Gasteiger partial charge in [0.05, 0.1) is 0 Å².